The number of rotatable bonds is 4. The molecule has 0 amide bonds. The topological polar surface area (TPSA) is 57.5 Å². The van der Waals surface area contributed by atoms with E-state index in [1.807, 2.05) is 19.1 Å². The number of carbonyl (C=O) groups is 1. The SMILES string of the molecule is CCc1cc(C(C)C(=O)O)cc(C2(C)CCCCC2)c1O. The van der Waals surface area contributed by atoms with Crippen molar-refractivity contribution in [2.75, 3.05) is 0 Å². The van der Waals surface area contributed by atoms with Crippen molar-refractivity contribution in [2.24, 2.45) is 0 Å². The van der Waals surface area contributed by atoms with Gasteiger partial charge in [0.25, 0.3) is 0 Å². The minimum absolute atomic E-state index is 0.0273. The fraction of sp³-hybridized carbons (Fsp3) is 0.611. The summed E-state index contributed by atoms with van der Waals surface area (Å²) in [6.07, 6.45) is 6.45. The van der Waals surface area contributed by atoms with Gasteiger partial charge in [0.15, 0.2) is 0 Å². The summed E-state index contributed by atoms with van der Waals surface area (Å²) in [5.41, 5.74) is 2.59. The molecule has 3 nitrogen and oxygen atoms in total. The minimum atomic E-state index is -0.817. The summed E-state index contributed by atoms with van der Waals surface area (Å²) >= 11 is 0. The smallest absolute Gasteiger partial charge is 0.310 e. The molecule has 1 saturated carbocycles. The van der Waals surface area contributed by atoms with E-state index in [9.17, 15) is 15.0 Å². The van der Waals surface area contributed by atoms with Crippen molar-refractivity contribution in [1.82, 2.24) is 0 Å². The van der Waals surface area contributed by atoms with Crippen LogP contribution in [0.1, 0.15) is 75.5 Å². The third kappa shape index (κ3) is 3.07. The van der Waals surface area contributed by atoms with Gasteiger partial charge >= 0.3 is 5.97 Å². The number of aryl methyl sites for hydroxylation is 1. The number of carboxylic acid groups (broad SMARTS) is 1. The summed E-state index contributed by atoms with van der Waals surface area (Å²) in [7, 11) is 0. The minimum Gasteiger partial charge on any atom is -0.507 e. The molecule has 21 heavy (non-hydrogen) atoms. The van der Waals surface area contributed by atoms with E-state index in [1.54, 1.807) is 6.92 Å². The van der Waals surface area contributed by atoms with Crippen LogP contribution in [0.3, 0.4) is 0 Å². The van der Waals surface area contributed by atoms with Gasteiger partial charge in [0.1, 0.15) is 5.75 Å². The van der Waals surface area contributed by atoms with Crippen LogP contribution in [0.4, 0.5) is 0 Å². The van der Waals surface area contributed by atoms with E-state index in [1.165, 1.54) is 19.3 Å². The van der Waals surface area contributed by atoms with Gasteiger partial charge in [0, 0.05) is 5.56 Å². The maximum Gasteiger partial charge on any atom is 0.310 e. The molecule has 1 aromatic carbocycles. The number of aromatic hydroxyl groups is 1. The number of benzene rings is 1. The second-order valence-electron chi connectivity index (χ2n) is 6.61. The first-order valence-electron chi connectivity index (χ1n) is 7.98. The average Bonchev–Trinajstić information content (AvgIpc) is 2.47. The van der Waals surface area contributed by atoms with E-state index in [-0.39, 0.29) is 5.41 Å². The molecular weight excluding hydrogens is 264 g/mol. The Morgan fingerprint density at radius 3 is 2.43 bits per heavy atom. The second-order valence-corrected chi connectivity index (χ2v) is 6.61. The van der Waals surface area contributed by atoms with E-state index < -0.39 is 11.9 Å². The highest BCUT2D eigenvalue weighted by molar-refractivity contribution is 5.76. The molecule has 0 aromatic heterocycles. The Labute approximate surface area is 127 Å². The standard InChI is InChI=1S/C18H26O3/c1-4-13-10-14(12(2)17(20)21)11-15(16(13)19)18(3)8-6-5-7-9-18/h10-12,19H,4-9H2,1-3H3,(H,20,21). The van der Waals surface area contributed by atoms with Crippen LogP contribution in [0.2, 0.25) is 0 Å². The van der Waals surface area contributed by atoms with Crippen molar-refractivity contribution < 1.29 is 15.0 Å². The number of phenols is 1. The molecule has 3 heteroatoms. The molecule has 0 saturated heterocycles. The van der Waals surface area contributed by atoms with Gasteiger partial charge in [0.2, 0.25) is 0 Å². The highest BCUT2D eigenvalue weighted by atomic mass is 16.4. The Balaban J connectivity index is 2.53. The van der Waals surface area contributed by atoms with Crippen molar-refractivity contribution in [3.8, 4) is 5.75 Å². The largest absolute Gasteiger partial charge is 0.507 e. The molecule has 0 heterocycles. The predicted octanol–water partition coefficient (Wildman–Crippen LogP) is 4.36. The molecule has 1 atom stereocenters. The van der Waals surface area contributed by atoms with Crippen molar-refractivity contribution in [3.63, 3.8) is 0 Å². The van der Waals surface area contributed by atoms with Gasteiger partial charge in [-0.1, -0.05) is 45.2 Å². The molecule has 1 aliphatic rings. The highest BCUT2D eigenvalue weighted by Gasteiger charge is 2.33. The van der Waals surface area contributed by atoms with Gasteiger partial charge < -0.3 is 10.2 Å². The van der Waals surface area contributed by atoms with E-state index in [4.69, 9.17) is 0 Å². The molecule has 2 N–H and O–H groups in total. The third-order valence-corrected chi connectivity index (χ3v) is 5.07. The quantitative estimate of drug-likeness (QED) is 0.866. The fourth-order valence-electron chi connectivity index (χ4n) is 3.44. The zero-order valence-corrected chi connectivity index (χ0v) is 13.3. The monoisotopic (exact) mass is 290 g/mol. The Hall–Kier alpha value is -1.51. The summed E-state index contributed by atoms with van der Waals surface area (Å²) in [4.78, 5) is 11.3. The first-order valence-corrected chi connectivity index (χ1v) is 7.98. The maximum absolute atomic E-state index is 11.3. The van der Waals surface area contributed by atoms with Crippen LogP contribution in [0.5, 0.6) is 5.75 Å². The Morgan fingerprint density at radius 2 is 1.90 bits per heavy atom. The number of hydrogen-bond acceptors (Lipinski definition) is 2. The molecule has 0 aliphatic heterocycles. The lowest BCUT2D eigenvalue weighted by Gasteiger charge is -2.35. The number of hydrogen-bond donors (Lipinski definition) is 2. The first-order chi connectivity index (χ1) is 9.89. The van der Waals surface area contributed by atoms with E-state index in [0.717, 1.165) is 36.0 Å². The van der Waals surface area contributed by atoms with E-state index in [2.05, 4.69) is 6.92 Å². The van der Waals surface area contributed by atoms with Crippen molar-refractivity contribution in [2.45, 2.75) is 70.6 Å². The first kappa shape index (κ1) is 15.9. The Kier molecular flexibility index (Phi) is 4.60. The van der Waals surface area contributed by atoms with Crippen LogP contribution in [0.25, 0.3) is 0 Å². The molecule has 0 bridgehead atoms. The number of aliphatic carboxylic acids is 1. The van der Waals surface area contributed by atoms with Crippen LogP contribution < -0.4 is 0 Å². The van der Waals surface area contributed by atoms with Crippen LogP contribution in [-0.4, -0.2) is 16.2 Å². The Bertz CT molecular complexity index is 528. The summed E-state index contributed by atoms with van der Waals surface area (Å²) in [5.74, 6) is -0.979. The summed E-state index contributed by atoms with van der Waals surface area (Å²) in [6, 6.07) is 3.78. The second kappa shape index (κ2) is 6.08. The molecule has 1 aromatic rings. The lowest BCUT2D eigenvalue weighted by Crippen LogP contribution is -2.26. The molecule has 116 valence electrons. The van der Waals surface area contributed by atoms with Crippen molar-refractivity contribution in [3.05, 3.63) is 28.8 Å². The van der Waals surface area contributed by atoms with E-state index >= 15 is 0 Å². The van der Waals surface area contributed by atoms with Crippen LogP contribution in [-0.2, 0) is 16.6 Å². The van der Waals surface area contributed by atoms with Gasteiger partial charge in [-0.25, -0.2) is 0 Å². The van der Waals surface area contributed by atoms with E-state index in [0.29, 0.717) is 5.75 Å². The van der Waals surface area contributed by atoms with Gasteiger partial charge in [0.05, 0.1) is 5.92 Å². The van der Waals surface area contributed by atoms with Crippen molar-refractivity contribution in [1.29, 1.82) is 0 Å². The van der Waals surface area contributed by atoms with Crippen LogP contribution in [0.15, 0.2) is 12.1 Å². The van der Waals surface area contributed by atoms with Gasteiger partial charge in [-0.3, -0.25) is 4.79 Å². The van der Waals surface area contributed by atoms with Crippen molar-refractivity contribution >= 4 is 5.97 Å². The molecule has 0 spiro atoms. The van der Waals surface area contributed by atoms with Gasteiger partial charge in [-0.05, 0) is 42.7 Å². The molecule has 0 radical (unpaired) electrons. The Morgan fingerprint density at radius 1 is 1.29 bits per heavy atom. The normalized spacial score (nSPS) is 19.2. The van der Waals surface area contributed by atoms with Gasteiger partial charge in [-0.15, -0.1) is 0 Å². The van der Waals surface area contributed by atoms with Crippen LogP contribution >= 0.6 is 0 Å². The molecule has 1 unspecified atom stereocenters. The van der Waals surface area contributed by atoms with Crippen LogP contribution in [0, 0.1) is 0 Å². The lowest BCUT2D eigenvalue weighted by atomic mass is 9.69. The summed E-state index contributed by atoms with van der Waals surface area (Å²) < 4.78 is 0. The zero-order valence-electron chi connectivity index (χ0n) is 13.3. The lowest BCUT2D eigenvalue weighted by molar-refractivity contribution is -0.138. The zero-order chi connectivity index (χ0) is 15.6. The maximum atomic E-state index is 11.3. The molecule has 1 aliphatic carbocycles. The molecule has 1 fully saturated rings. The number of carboxylic acids is 1. The molecule has 2 rings (SSSR count). The highest BCUT2D eigenvalue weighted by Crippen LogP contribution is 2.44. The average molecular weight is 290 g/mol. The fourth-order valence-corrected chi connectivity index (χ4v) is 3.44. The summed E-state index contributed by atoms with van der Waals surface area (Å²) in [6.45, 7) is 5.91. The molecular formula is C18H26O3. The third-order valence-electron chi connectivity index (χ3n) is 5.07. The summed E-state index contributed by atoms with van der Waals surface area (Å²) in [5, 5.41) is 19.9. The van der Waals surface area contributed by atoms with Gasteiger partial charge in [-0.2, -0.15) is 0 Å². The number of phenolic OH excluding ortho intramolecular Hbond substituents is 1. The predicted molar refractivity (Wildman–Crippen MR) is 84.0 cm³/mol.